The molecule has 1 fully saturated rings. The van der Waals surface area contributed by atoms with Crippen LogP contribution >= 0.6 is 0 Å². The Morgan fingerprint density at radius 1 is 1.06 bits per heavy atom. The molecular formula is C14H22N2O. The monoisotopic (exact) mass is 234 g/mol. The van der Waals surface area contributed by atoms with E-state index in [9.17, 15) is 4.79 Å². The molecule has 3 nitrogen and oxygen atoms in total. The maximum absolute atomic E-state index is 12.2. The Kier molecular flexibility index (Phi) is 3.87. The summed E-state index contributed by atoms with van der Waals surface area (Å²) >= 11 is 0. The summed E-state index contributed by atoms with van der Waals surface area (Å²) in [5.74, 6) is 0.273. The topological polar surface area (TPSA) is 25.2 Å². The molecule has 2 heterocycles. The quantitative estimate of drug-likeness (QED) is 0.772. The van der Waals surface area contributed by atoms with Crippen molar-refractivity contribution in [3.05, 3.63) is 23.5 Å². The molecule has 94 valence electrons. The number of carbonyl (C=O) groups excluding carboxylic acids is 1. The highest BCUT2D eigenvalue weighted by Gasteiger charge is 2.16. The van der Waals surface area contributed by atoms with Crippen LogP contribution in [-0.2, 0) is 11.3 Å². The first-order valence-corrected chi connectivity index (χ1v) is 6.59. The number of hydrogen-bond acceptors (Lipinski definition) is 1. The number of amides is 1. The lowest BCUT2D eigenvalue weighted by Gasteiger charge is -2.21. The molecule has 1 aliphatic rings. The normalized spacial score (nSPS) is 16.9. The molecular weight excluding hydrogens is 212 g/mol. The first kappa shape index (κ1) is 12.2. The van der Waals surface area contributed by atoms with Gasteiger partial charge in [0.15, 0.2) is 0 Å². The molecule has 1 aromatic heterocycles. The van der Waals surface area contributed by atoms with Gasteiger partial charge in [-0.15, -0.1) is 0 Å². The fourth-order valence-corrected chi connectivity index (χ4v) is 2.50. The van der Waals surface area contributed by atoms with Gasteiger partial charge in [-0.25, -0.2) is 0 Å². The molecule has 0 bridgehead atoms. The van der Waals surface area contributed by atoms with Gasteiger partial charge in [-0.1, -0.05) is 12.8 Å². The smallest absolute Gasteiger partial charge is 0.242 e. The van der Waals surface area contributed by atoms with Crippen molar-refractivity contribution in [2.24, 2.45) is 0 Å². The van der Waals surface area contributed by atoms with Crippen LogP contribution in [0.4, 0.5) is 0 Å². The molecule has 1 amide bonds. The van der Waals surface area contributed by atoms with Gasteiger partial charge in [0, 0.05) is 24.5 Å². The lowest BCUT2D eigenvalue weighted by molar-refractivity contribution is -0.131. The summed E-state index contributed by atoms with van der Waals surface area (Å²) in [7, 11) is 0. The van der Waals surface area contributed by atoms with Gasteiger partial charge in [-0.2, -0.15) is 0 Å². The zero-order valence-corrected chi connectivity index (χ0v) is 10.9. The van der Waals surface area contributed by atoms with Crippen LogP contribution in [0.5, 0.6) is 0 Å². The maximum Gasteiger partial charge on any atom is 0.242 e. The van der Waals surface area contributed by atoms with Gasteiger partial charge in [0.25, 0.3) is 0 Å². The molecule has 1 aromatic rings. The minimum atomic E-state index is 0.273. The fraction of sp³-hybridized carbons (Fsp3) is 0.643. The van der Waals surface area contributed by atoms with Crippen LogP contribution in [0.1, 0.15) is 37.1 Å². The van der Waals surface area contributed by atoms with E-state index in [0.717, 1.165) is 25.9 Å². The van der Waals surface area contributed by atoms with E-state index >= 15 is 0 Å². The fourth-order valence-electron chi connectivity index (χ4n) is 2.50. The van der Waals surface area contributed by atoms with Gasteiger partial charge in [-0.05, 0) is 38.8 Å². The Balaban J connectivity index is 2.00. The molecule has 1 saturated heterocycles. The molecule has 0 aliphatic carbocycles. The highest BCUT2D eigenvalue weighted by molar-refractivity contribution is 5.76. The number of aromatic nitrogens is 1. The zero-order chi connectivity index (χ0) is 12.3. The third kappa shape index (κ3) is 2.90. The van der Waals surface area contributed by atoms with Gasteiger partial charge in [0.2, 0.25) is 5.91 Å². The van der Waals surface area contributed by atoms with Gasteiger partial charge in [0.05, 0.1) is 0 Å². The van der Waals surface area contributed by atoms with E-state index in [1.54, 1.807) is 0 Å². The number of nitrogens with zero attached hydrogens (tertiary/aromatic N) is 2. The number of rotatable bonds is 2. The summed E-state index contributed by atoms with van der Waals surface area (Å²) < 4.78 is 2.10. The second kappa shape index (κ2) is 5.39. The Morgan fingerprint density at radius 3 is 2.12 bits per heavy atom. The first-order chi connectivity index (χ1) is 8.18. The van der Waals surface area contributed by atoms with E-state index in [1.165, 1.54) is 24.2 Å². The average molecular weight is 234 g/mol. The van der Waals surface area contributed by atoms with Gasteiger partial charge in [0.1, 0.15) is 6.54 Å². The van der Waals surface area contributed by atoms with Crippen molar-refractivity contribution in [1.29, 1.82) is 0 Å². The average Bonchev–Trinajstić information content (AvgIpc) is 2.59. The number of carbonyl (C=O) groups is 1. The molecule has 0 aromatic carbocycles. The van der Waals surface area contributed by atoms with E-state index in [1.807, 2.05) is 4.90 Å². The van der Waals surface area contributed by atoms with Crippen molar-refractivity contribution in [2.75, 3.05) is 13.1 Å². The van der Waals surface area contributed by atoms with Gasteiger partial charge >= 0.3 is 0 Å². The number of hydrogen-bond donors (Lipinski definition) is 0. The zero-order valence-electron chi connectivity index (χ0n) is 10.9. The van der Waals surface area contributed by atoms with E-state index < -0.39 is 0 Å². The lowest BCUT2D eigenvalue weighted by atomic mass is 10.2. The summed E-state index contributed by atoms with van der Waals surface area (Å²) in [6, 6.07) is 4.15. The molecule has 0 radical (unpaired) electrons. The molecule has 1 aliphatic heterocycles. The Morgan fingerprint density at radius 2 is 1.59 bits per heavy atom. The molecule has 3 heteroatoms. The van der Waals surface area contributed by atoms with E-state index in [4.69, 9.17) is 0 Å². The minimum Gasteiger partial charge on any atom is -0.341 e. The second-order valence-corrected chi connectivity index (χ2v) is 5.00. The third-order valence-corrected chi connectivity index (χ3v) is 3.67. The Bertz CT molecular complexity index is 367. The van der Waals surface area contributed by atoms with Crippen molar-refractivity contribution in [1.82, 2.24) is 9.47 Å². The van der Waals surface area contributed by atoms with Crippen LogP contribution in [0.2, 0.25) is 0 Å². The molecule has 0 saturated carbocycles. The molecule has 0 atom stereocenters. The van der Waals surface area contributed by atoms with Crippen LogP contribution < -0.4 is 0 Å². The molecule has 0 N–H and O–H groups in total. The molecule has 0 spiro atoms. The SMILES string of the molecule is Cc1ccc(C)n1CC(=O)N1CCCCCC1. The highest BCUT2D eigenvalue weighted by Crippen LogP contribution is 2.12. The van der Waals surface area contributed by atoms with Crippen molar-refractivity contribution < 1.29 is 4.79 Å². The van der Waals surface area contributed by atoms with Crippen LogP contribution in [0, 0.1) is 13.8 Å². The van der Waals surface area contributed by atoms with Crippen LogP contribution in [0.15, 0.2) is 12.1 Å². The van der Waals surface area contributed by atoms with E-state index in [0.29, 0.717) is 6.54 Å². The summed E-state index contributed by atoms with van der Waals surface area (Å²) in [6.07, 6.45) is 4.86. The summed E-state index contributed by atoms with van der Waals surface area (Å²) in [5.41, 5.74) is 2.34. The standard InChI is InChI=1S/C14H22N2O/c1-12-7-8-13(2)16(12)11-14(17)15-9-5-3-4-6-10-15/h7-8H,3-6,9-11H2,1-2H3. The molecule has 17 heavy (non-hydrogen) atoms. The van der Waals surface area contributed by atoms with E-state index in [-0.39, 0.29) is 5.91 Å². The van der Waals surface area contributed by atoms with E-state index in [2.05, 4.69) is 30.5 Å². The molecule has 0 unspecified atom stereocenters. The second-order valence-electron chi connectivity index (χ2n) is 5.00. The Labute approximate surface area is 103 Å². The molecule has 2 rings (SSSR count). The summed E-state index contributed by atoms with van der Waals surface area (Å²) in [4.78, 5) is 14.3. The van der Waals surface area contributed by atoms with Crippen molar-refractivity contribution >= 4 is 5.91 Å². The lowest BCUT2D eigenvalue weighted by Crippen LogP contribution is -2.34. The minimum absolute atomic E-state index is 0.273. The highest BCUT2D eigenvalue weighted by atomic mass is 16.2. The Hall–Kier alpha value is -1.25. The van der Waals surface area contributed by atoms with Crippen LogP contribution in [-0.4, -0.2) is 28.5 Å². The first-order valence-electron chi connectivity index (χ1n) is 6.59. The van der Waals surface area contributed by atoms with Gasteiger partial charge < -0.3 is 9.47 Å². The third-order valence-electron chi connectivity index (χ3n) is 3.67. The van der Waals surface area contributed by atoms with Crippen molar-refractivity contribution in [3.63, 3.8) is 0 Å². The maximum atomic E-state index is 12.2. The largest absolute Gasteiger partial charge is 0.341 e. The predicted octanol–water partition coefficient (Wildman–Crippen LogP) is 2.51. The predicted molar refractivity (Wildman–Crippen MR) is 69.0 cm³/mol. The van der Waals surface area contributed by atoms with Crippen LogP contribution in [0.3, 0.4) is 0 Å². The summed E-state index contributed by atoms with van der Waals surface area (Å²) in [5, 5.41) is 0. The summed E-state index contributed by atoms with van der Waals surface area (Å²) in [6.45, 7) is 6.51. The number of likely N-dealkylation sites (tertiary alicyclic amines) is 1. The van der Waals surface area contributed by atoms with Gasteiger partial charge in [-0.3, -0.25) is 4.79 Å². The number of aryl methyl sites for hydroxylation is 2. The van der Waals surface area contributed by atoms with Crippen molar-refractivity contribution in [2.45, 2.75) is 46.1 Å². The van der Waals surface area contributed by atoms with Crippen LogP contribution in [0.25, 0.3) is 0 Å². The van der Waals surface area contributed by atoms with Crippen molar-refractivity contribution in [3.8, 4) is 0 Å².